The van der Waals surface area contributed by atoms with Crippen LogP contribution in [0.1, 0.15) is 28.4 Å². The van der Waals surface area contributed by atoms with E-state index in [2.05, 4.69) is 12.1 Å². The van der Waals surface area contributed by atoms with Crippen molar-refractivity contribution >= 4 is 0 Å². The minimum absolute atomic E-state index is 0.253. The fourth-order valence-corrected chi connectivity index (χ4v) is 4.43. The monoisotopic (exact) mass is 378 g/mol. The average molecular weight is 378 g/mol. The van der Waals surface area contributed by atoms with Gasteiger partial charge in [-0.3, -0.25) is 0 Å². The zero-order valence-electron chi connectivity index (χ0n) is 16.0. The summed E-state index contributed by atoms with van der Waals surface area (Å²) in [5.41, 5.74) is 1.38. The third-order valence-corrected chi connectivity index (χ3v) is 5.84. The molecule has 4 aromatic rings. The second kappa shape index (κ2) is 7.00. The molecule has 4 aromatic carbocycles. The van der Waals surface area contributed by atoms with Gasteiger partial charge in [0.25, 0.3) is 0 Å². The Morgan fingerprint density at radius 3 is 1.48 bits per heavy atom. The Morgan fingerprint density at radius 1 is 0.586 bits per heavy atom. The Kier molecular flexibility index (Phi) is 4.31. The summed E-state index contributed by atoms with van der Waals surface area (Å²) in [6.45, 7) is 0. The molecule has 0 aromatic heterocycles. The van der Waals surface area contributed by atoms with Gasteiger partial charge in [0.05, 0.1) is 0 Å². The lowest BCUT2D eigenvalue weighted by Gasteiger charge is -2.36. The van der Waals surface area contributed by atoms with Crippen molar-refractivity contribution in [3.63, 3.8) is 0 Å². The Hall–Kier alpha value is -3.20. The molecule has 0 amide bonds. The molecule has 1 aliphatic rings. The fourth-order valence-electron chi connectivity index (χ4n) is 4.43. The van der Waals surface area contributed by atoms with E-state index in [1.54, 1.807) is 0 Å². The van der Waals surface area contributed by atoms with E-state index >= 15 is 0 Å². The molecule has 0 aliphatic carbocycles. The number of epoxide rings is 1. The van der Waals surface area contributed by atoms with Crippen molar-refractivity contribution in [3.8, 4) is 0 Å². The normalized spacial score (nSPS) is 20.9. The van der Waals surface area contributed by atoms with Gasteiger partial charge in [-0.15, -0.1) is 0 Å². The minimum Gasteiger partial charge on any atom is -0.377 e. The van der Waals surface area contributed by atoms with E-state index in [1.807, 2.05) is 109 Å². The summed E-state index contributed by atoms with van der Waals surface area (Å²) in [5.74, 6) is 0. The smallest absolute Gasteiger partial charge is 0.161 e. The summed E-state index contributed by atoms with van der Waals surface area (Å²) in [6, 6.07) is 39.9. The molecule has 0 saturated carbocycles. The quantitative estimate of drug-likeness (QED) is 0.459. The standard InChI is InChI=1S/C27H22O2/c28-26(22-15-7-2-8-16-22,23-17-9-3-10-18-23)27(24-19-11-4-12-20-24)25(29-27)21-13-5-1-6-14-21/h1-20,25,28H. The molecular formula is C27H22O2. The van der Waals surface area contributed by atoms with Gasteiger partial charge in [0.15, 0.2) is 11.2 Å². The minimum atomic E-state index is -1.35. The maximum Gasteiger partial charge on any atom is 0.161 e. The summed E-state index contributed by atoms with van der Waals surface area (Å²) in [6.07, 6.45) is -0.253. The molecule has 1 fully saturated rings. The van der Waals surface area contributed by atoms with Gasteiger partial charge in [-0.25, -0.2) is 0 Å². The molecule has 2 atom stereocenters. The average Bonchev–Trinajstić information content (AvgIpc) is 3.58. The molecule has 1 saturated heterocycles. The third kappa shape index (κ3) is 2.72. The number of hydrogen-bond donors (Lipinski definition) is 1. The number of rotatable bonds is 5. The van der Waals surface area contributed by atoms with Crippen LogP contribution < -0.4 is 0 Å². The van der Waals surface area contributed by atoms with Gasteiger partial charge in [-0.05, 0) is 22.3 Å². The van der Waals surface area contributed by atoms with Gasteiger partial charge in [-0.2, -0.15) is 0 Å². The van der Waals surface area contributed by atoms with Crippen LogP contribution in [0.3, 0.4) is 0 Å². The van der Waals surface area contributed by atoms with Crippen molar-refractivity contribution < 1.29 is 9.84 Å². The fraction of sp³-hybridized carbons (Fsp3) is 0.111. The Bertz CT molecular complexity index is 1040. The largest absolute Gasteiger partial charge is 0.377 e. The molecule has 2 nitrogen and oxygen atoms in total. The van der Waals surface area contributed by atoms with Crippen LogP contribution in [0.4, 0.5) is 0 Å². The summed E-state index contributed by atoms with van der Waals surface area (Å²) in [7, 11) is 0. The molecule has 29 heavy (non-hydrogen) atoms. The van der Waals surface area contributed by atoms with E-state index in [0.29, 0.717) is 0 Å². The van der Waals surface area contributed by atoms with Gasteiger partial charge in [-0.1, -0.05) is 121 Å². The molecular weight excluding hydrogens is 356 g/mol. The summed E-state index contributed by atoms with van der Waals surface area (Å²) < 4.78 is 6.50. The Labute approximate surface area is 171 Å². The number of hydrogen-bond acceptors (Lipinski definition) is 2. The predicted molar refractivity (Wildman–Crippen MR) is 114 cm³/mol. The lowest BCUT2D eigenvalue weighted by Crippen LogP contribution is -2.42. The van der Waals surface area contributed by atoms with Crippen LogP contribution in [-0.4, -0.2) is 5.11 Å². The first-order valence-electron chi connectivity index (χ1n) is 9.88. The number of ether oxygens (including phenoxy) is 1. The van der Waals surface area contributed by atoms with Crippen LogP contribution in [0, 0.1) is 0 Å². The van der Waals surface area contributed by atoms with Crippen molar-refractivity contribution in [2.24, 2.45) is 0 Å². The second-order valence-electron chi connectivity index (χ2n) is 7.45. The van der Waals surface area contributed by atoms with Crippen LogP contribution in [0.2, 0.25) is 0 Å². The first-order valence-corrected chi connectivity index (χ1v) is 9.88. The number of benzene rings is 4. The highest BCUT2D eigenvalue weighted by Crippen LogP contribution is 2.67. The lowest BCUT2D eigenvalue weighted by molar-refractivity contribution is -0.0101. The third-order valence-electron chi connectivity index (χ3n) is 5.84. The first kappa shape index (κ1) is 17.9. The molecule has 1 heterocycles. The lowest BCUT2D eigenvalue weighted by atomic mass is 9.70. The van der Waals surface area contributed by atoms with Crippen LogP contribution >= 0.6 is 0 Å². The molecule has 0 bridgehead atoms. The van der Waals surface area contributed by atoms with Gasteiger partial charge >= 0.3 is 0 Å². The van der Waals surface area contributed by atoms with Gasteiger partial charge in [0.1, 0.15) is 6.10 Å². The van der Waals surface area contributed by atoms with E-state index in [0.717, 1.165) is 22.3 Å². The molecule has 142 valence electrons. The SMILES string of the molecule is OC(c1ccccc1)(c1ccccc1)C1(c2ccccc2)OC1c1ccccc1. The molecule has 2 unspecified atom stereocenters. The molecule has 0 radical (unpaired) electrons. The van der Waals surface area contributed by atoms with Crippen molar-refractivity contribution in [2.75, 3.05) is 0 Å². The molecule has 1 N–H and O–H groups in total. The van der Waals surface area contributed by atoms with E-state index in [-0.39, 0.29) is 6.10 Å². The van der Waals surface area contributed by atoms with E-state index in [9.17, 15) is 5.11 Å². The van der Waals surface area contributed by atoms with E-state index in [1.165, 1.54) is 0 Å². The van der Waals surface area contributed by atoms with E-state index < -0.39 is 11.2 Å². The highest BCUT2D eigenvalue weighted by Gasteiger charge is 2.71. The second-order valence-corrected chi connectivity index (χ2v) is 7.45. The predicted octanol–water partition coefficient (Wildman–Crippen LogP) is 5.59. The highest BCUT2D eigenvalue weighted by molar-refractivity contribution is 5.50. The summed E-state index contributed by atoms with van der Waals surface area (Å²) in [4.78, 5) is 0. The summed E-state index contributed by atoms with van der Waals surface area (Å²) in [5, 5.41) is 12.5. The van der Waals surface area contributed by atoms with Crippen molar-refractivity contribution in [2.45, 2.75) is 17.3 Å². The van der Waals surface area contributed by atoms with E-state index in [4.69, 9.17) is 4.74 Å². The zero-order valence-corrected chi connectivity index (χ0v) is 16.0. The maximum atomic E-state index is 12.5. The van der Waals surface area contributed by atoms with Crippen LogP contribution in [0.25, 0.3) is 0 Å². The van der Waals surface area contributed by atoms with Gasteiger partial charge < -0.3 is 9.84 Å². The molecule has 5 rings (SSSR count). The van der Waals surface area contributed by atoms with Crippen molar-refractivity contribution in [1.82, 2.24) is 0 Å². The van der Waals surface area contributed by atoms with Crippen molar-refractivity contribution in [1.29, 1.82) is 0 Å². The highest BCUT2D eigenvalue weighted by atomic mass is 16.6. The van der Waals surface area contributed by atoms with Gasteiger partial charge in [0, 0.05) is 0 Å². The van der Waals surface area contributed by atoms with Crippen LogP contribution in [0.5, 0.6) is 0 Å². The Morgan fingerprint density at radius 2 is 1.00 bits per heavy atom. The molecule has 2 heteroatoms. The zero-order chi connectivity index (χ0) is 19.7. The van der Waals surface area contributed by atoms with Gasteiger partial charge in [0.2, 0.25) is 0 Å². The maximum absolute atomic E-state index is 12.5. The summed E-state index contributed by atoms with van der Waals surface area (Å²) >= 11 is 0. The Balaban J connectivity index is 1.78. The molecule has 0 spiro atoms. The van der Waals surface area contributed by atoms with Crippen molar-refractivity contribution in [3.05, 3.63) is 144 Å². The first-order chi connectivity index (χ1) is 14.3. The number of aliphatic hydroxyl groups is 1. The van der Waals surface area contributed by atoms with Crippen LogP contribution in [0.15, 0.2) is 121 Å². The topological polar surface area (TPSA) is 32.8 Å². The molecule has 1 aliphatic heterocycles. The van der Waals surface area contributed by atoms with Crippen LogP contribution in [-0.2, 0) is 15.9 Å².